The summed E-state index contributed by atoms with van der Waals surface area (Å²) in [4.78, 5) is 35.1. The maximum Gasteiger partial charge on any atom is -0.0134 e. The van der Waals surface area contributed by atoms with Gasteiger partial charge in [0.25, 0.3) is 5.91 Å². The van der Waals surface area contributed by atoms with Crippen LogP contribution in [0.4, 0.5) is 11.4 Å². The van der Waals surface area contributed by atoms with Crippen LogP contribution in [0.15, 0.2) is 370 Å². The molecule has 11 aromatic carbocycles. The number of hydrogen-bond donors (Lipinski definition) is 4. The van der Waals surface area contributed by atoms with Gasteiger partial charge in [-0.2, -0.15) is 0 Å². The number of halogens is 3. The molecule has 1 fully saturated rings. The minimum Gasteiger partial charge on any atom is -0.0622 e. The van der Waals surface area contributed by atoms with Crippen LogP contribution in [0, 0.1) is 60.4 Å². The van der Waals surface area contributed by atoms with Crippen molar-refractivity contribution in [2.45, 2.75) is 101 Å². The van der Waals surface area contributed by atoms with Crippen molar-refractivity contribution in [3.63, 3.8) is 0 Å². The number of aliphatic hydroxyl groups excluding tert-OH is 1. The average Bonchev–Trinajstić information content (AvgIpc) is 1.52. The number of methoxy groups -OCH3 is 2. The van der Waals surface area contributed by atoms with Crippen molar-refractivity contribution < 1.29 is 49.6 Å². The standard InChI is InChI=1S/C22H16N4O.2C18H15P.C17H13N3O2.C9H9IO2.C8H5N3.C6H13NO.C6H7N.C4H10.2C2H6.CH4O.2ClH.Pd/c1-16-10-11-18(22(27)23-19-7-3-2-4-8-19)15-17(16)12-13-21-25-24-20-9-5-6-14-26(20)21;2*1-4-10-16(11-5-1)19(17-12-6-2-7-13-17)18-14-8-3-9-15-18;1-12-6-7-14(17(21)22-2)11-13(12)8-9-16-19-18-15-5-3-4-10-20(15)16;1-6-3-4-7(5-8(6)10)9(11)12-2;1-2-7-9-10-8-5-3-4-6-11(7)8;1-2-7-6-4-3-5-8-6;7-6-4-2-1-3-5-6;1-3-4-2;3*1-2;;;/h2-11,14-15H,1H3,(H,23,27);2*1-15H;3-7,10-11H,1-2H3;3-5H,1-2H3;1,3-6H;6-7H,2-5H2,1H3;1-5H,7H2;3-4H2,1-2H3;2*1-2H3;2H,1H3;2*1H;/q;;;;;;;;;;;;;;+2/p-2. The molecule has 0 spiro atoms. The van der Waals surface area contributed by atoms with Gasteiger partial charge >= 0.3 is 46.9 Å². The molecule has 18 rings (SSSR count). The molecule has 0 bridgehead atoms. The first-order valence-corrected chi connectivity index (χ1v) is 52.5. The van der Waals surface area contributed by atoms with E-state index in [0.29, 0.717) is 40.4 Å². The number of anilines is 2. The Balaban J connectivity index is 0.000000244. The second-order valence-electron chi connectivity index (χ2n) is 28.5. The van der Waals surface area contributed by atoms with Gasteiger partial charge in [0.15, 0.2) is 16.9 Å². The fourth-order valence-electron chi connectivity index (χ4n) is 12.3. The average molecular weight is 2120 g/mol. The van der Waals surface area contributed by atoms with Crippen LogP contribution in [0.2, 0.25) is 0 Å². The number of unbranched alkanes of at least 4 members (excludes halogenated alkanes) is 1. The van der Waals surface area contributed by atoms with Crippen molar-refractivity contribution in [2.24, 2.45) is 0 Å². The number of aliphatic hydroxyl groups is 1. The van der Waals surface area contributed by atoms with Crippen molar-refractivity contribution >= 4 is 135 Å². The van der Waals surface area contributed by atoms with Crippen LogP contribution in [0.3, 0.4) is 0 Å². The molecule has 7 heterocycles. The number of nitrogen functional groups attached to an aromatic ring is 1. The molecule has 1 aliphatic rings. The number of nitrogens with two attached hydrogens (primary N) is 1. The second kappa shape index (κ2) is 67.2. The number of rotatable bonds is 13. The summed E-state index contributed by atoms with van der Waals surface area (Å²) in [6.07, 6.45) is 16.2. The third-order valence-electron chi connectivity index (χ3n) is 19.2. The molecule has 6 aromatic heterocycles. The maximum atomic E-state index is 12.5. The largest absolute Gasteiger partial charge is 0.0622 e. The van der Waals surface area contributed by atoms with Gasteiger partial charge in [-0.1, -0.05) is 328 Å². The summed E-state index contributed by atoms with van der Waals surface area (Å²) in [7, 11) is 12.5. The monoisotopic (exact) mass is 2120 g/mol. The predicted molar refractivity (Wildman–Crippen MR) is 579 cm³/mol. The van der Waals surface area contributed by atoms with E-state index in [1.807, 2.05) is 215 Å². The number of carbonyl (C=O) groups excluding carboxylic acids is 3. The quantitative estimate of drug-likeness (QED) is 0.0210. The van der Waals surface area contributed by atoms with Crippen LogP contribution in [-0.4, -0.2) is 107 Å². The summed E-state index contributed by atoms with van der Waals surface area (Å²) in [5.74, 6) is 15.5. The molecule has 1 unspecified atom stereocenters. The van der Waals surface area contributed by atoms with Gasteiger partial charge in [-0.3, -0.25) is 23.3 Å². The molecule has 138 heavy (non-hydrogen) atoms. The summed E-state index contributed by atoms with van der Waals surface area (Å²) in [5, 5.41) is 45.5. The van der Waals surface area contributed by atoms with Crippen LogP contribution in [0.25, 0.3) is 16.9 Å². The van der Waals surface area contributed by atoms with Gasteiger partial charge in [-0.15, -0.1) is 37.0 Å². The zero-order chi connectivity index (χ0) is 99.9. The first-order chi connectivity index (χ1) is 67.5. The summed E-state index contributed by atoms with van der Waals surface area (Å²) in [6, 6.07) is 117. The van der Waals surface area contributed by atoms with Gasteiger partial charge < -0.3 is 30.4 Å². The van der Waals surface area contributed by atoms with E-state index in [2.05, 4.69) is 301 Å². The van der Waals surface area contributed by atoms with Crippen molar-refractivity contribution in [2.75, 3.05) is 45.5 Å². The number of nitrogens with one attached hydrogen (secondary N) is 2. The van der Waals surface area contributed by atoms with Crippen LogP contribution in [0.1, 0.15) is 151 Å². The maximum absolute atomic E-state index is 12.5. The zero-order valence-electron chi connectivity index (χ0n) is 80.0. The van der Waals surface area contributed by atoms with Gasteiger partial charge in [-0.05, 0) is 242 Å². The number of para-hydroxylation sites is 2. The van der Waals surface area contributed by atoms with Gasteiger partial charge in [-0.25, -0.2) is 9.59 Å². The Bertz CT molecular complexity index is 6220. The zero-order valence-corrected chi connectivity index (χ0v) is 87.0. The molecule has 17 aromatic rings. The minimum absolute atomic E-state index is 0.106. The fourth-order valence-corrected chi connectivity index (χ4v) is 17.4. The van der Waals surface area contributed by atoms with Gasteiger partial charge in [0.2, 0.25) is 17.5 Å². The first kappa shape index (κ1) is 114. The Morgan fingerprint density at radius 3 is 1.07 bits per heavy atom. The van der Waals surface area contributed by atoms with Crippen molar-refractivity contribution in [3.05, 3.63) is 436 Å². The number of nitrogens with zero attached hydrogens (tertiary/aromatic N) is 9. The van der Waals surface area contributed by atoms with Crippen molar-refractivity contribution in [1.82, 2.24) is 49.1 Å². The normalized spacial score (nSPS) is 10.8. The number of hydrogen-bond acceptors (Lipinski definition) is 15. The summed E-state index contributed by atoms with van der Waals surface area (Å²) >= 11 is 2.09. The number of ether oxygens (including phenoxy) is 3. The van der Waals surface area contributed by atoms with E-state index >= 15 is 0 Å². The molecule has 19 nitrogen and oxygen atoms in total. The fraction of sp³-hybridized carbons (Fsp3) is 0.177. The van der Waals surface area contributed by atoms with Crippen LogP contribution >= 0.6 is 57.5 Å². The van der Waals surface area contributed by atoms with E-state index in [4.69, 9.17) is 45.8 Å². The third-order valence-corrected chi connectivity index (χ3v) is 25.3. The third kappa shape index (κ3) is 38.8. The molecular weight excluding hydrogens is 2000 g/mol. The number of terminal acetylenes is 1. The van der Waals surface area contributed by atoms with E-state index in [9.17, 15) is 14.4 Å². The van der Waals surface area contributed by atoms with Crippen molar-refractivity contribution in [1.29, 1.82) is 0 Å². The van der Waals surface area contributed by atoms with E-state index < -0.39 is 15.8 Å². The molecule has 0 aliphatic carbocycles. The topological polar surface area (TPSA) is 240 Å². The van der Waals surface area contributed by atoms with Gasteiger partial charge in [0.1, 0.15) is 6.23 Å². The number of aryl methyl sites for hydroxylation is 3. The smallest absolute Gasteiger partial charge is 0.0134 e. The van der Waals surface area contributed by atoms with E-state index in [-0.39, 0.29) is 33.8 Å². The molecule has 5 N–H and O–H groups in total. The summed E-state index contributed by atoms with van der Waals surface area (Å²) in [5.41, 5.74) is 15.5. The molecule has 714 valence electrons. The number of esters is 2. The van der Waals surface area contributed by atoms with E-state index in [1.54, 1.807) is 34.7 Å². The Hall–Kier alpha value is -13.1. The molecule has 0 radical (unpaired) electrons. The SMILES string of the molecule is C#Cc1nnc2ccccn12.CC.CC.CCCC.CCNC1CCCO1.CO.COC(=O)c1ccc(C)c(C#Cc2nnc3ccccn23)c1.COC(=O)c1ccc(C)c(I)c1.Cc1ccc(C(=O)Nc2ccccc2)cc1C#Cc1nnc2ccccn12.Nc1ccccc1.[Cl][Pd][Cl].c1ccc(P(c2ccccc2)c2ccccc2)cc1.c1ccc(P(c2ccccc2)c2ccccc2)cc1. The second-order valence-corrected chi connectivity index (χ2v) is 36.5. The minimum atomic E-state index is -0.446. The van der Waals surface area contributed by atoms with Gasteiger partial charge in [0, 0.05) is 63.9 Å². The number of aromatic nitrogens is 9. The molecular formula is C113H119Cl2IN12O7P2Pd. The Kier molecular flexibility index (Phi) is 55.3. The molecule has 1 aliphatic heterocycles. The number of benzene rings is 11. The van der Waals surface area contributed by atoms with E-state index in [0.717, 1.165) is 74.4 Å². The number of pyridine rings is 3. The number of amides is 1. The van der Waals surface area contributed by atoms with Gasteiger partial charge in [0.05, 0.1) is 25.3 Å². The summed E-state index contributed by atoms with van der Waals surface area (Å²) < 4.78 is 21.1. The molecule has 1 saturated heterocycles. The van der Waals surface area contributed by atoms with E-state index in [1.165, 1.54) is 77.3 Å². The van der Waals surface area contributed by atoms with Crippen molar-refractivity contribution in [3.8, 4) is 36.0 Å². The summed E-state index contributed by atoms with van der Waals surface area (Å²) in [6.45, 7) is 22.3. The van der Waals surface area contributed by atoms with Crippen LogP contribution < -0.4 is 48.2 Å². The number of fused-ring (bicyclic) bond motifs is 3. The van der Waals surface area contributed by atoms with Crippen LogP contribution in [0.5, 0.6) is 0 Å². The molecule has 1 atom stereocenters. The van der Waals surface area contributed by atoms with Crippen LogP contribution in [-0.2, 0) is 30.2 Å². The predicted octanol–water partition coefficient (Wildman–Crippen LogP) is 22.7. The Labute approximate surface area is 846 Å². The molecule has 1 amide bonds. The first-order valence-electron chi connectivity index (χ1n) is 44.8. The number of carbonyl (C=O) groups is 3. The Morgan fingerprint density at radius 2 is 0.761 bits per heavy atom. The molecule has 0 saturated carbocycles. The molecule has 25 heteroatoms. The Morgan fingerprint density at radius 1 is 0.449 bits per heavy atom.